The molecule has 7 nitrogen and oxygen atoms in total. The molecule has 0 aliphatic carbocycles. The van der Waals surface area contributed by atoms with Gasteiger partial charge < -0.3 is 19.5 Å². The lowest BCUT2D eigenvalue weighted by Crippen LogP contribution is -2.33. The fraction of sp³-hybridized carbons (Fsp3) is 0.824. The van der Waals surface area contributed by atoms with Gasteiger partial charge in [-0.25, -0.2) is 0 Å². The van der Waals surface area contributed by atoms with Gasteiger partial charge >= 0.3 is 0 Å². The number of methoxy groups -OCH3 is 1. The minimum absolute atomic E-state index is 0.0289. The van der Waals surface area contributed by atoms with Gasteiger partial charge in [0.2, 0.25) is 11.8 Å². The number of carbonyl (C=O) groups excluding carboxylic acids is 1. The highest BCUT2D eigenvalue weighted by atomic mass is 16.5. The lowest BCUT2D eigenvalue weighted by atomic mass is 10.1. The fourth-order valence-electron chi connectivity index (χ4n) is 2.91. The third-order valence-corrected chi connectivity index (χ3v) is 4.37. The second-order valence-electron chi connectivity index (χ2n) is 6.44. The van der Waals surface area contributed by atoms with Gasteiger partial charge in [0.25, 0.3) is 0 Å². The van der Waals surface area contributed by atoms with Crippen LogP contribution in [-0.4, -0.2) is 54.3 Å². The van der Waals surface area contributed by atoms with Crippen molar-refractivity contribution >= 4 is 5.91 Å². The van der Waals surface area contributed by atoms with Crippen molar-refractivity contribution in [1.82, 2.24) is 20.4 Å². The molecule has 1 aromatic heterocycles. The molecule has 1 saturated heterocycles. The molecule has 1 aliphatic rings. The first-order valence-electron chi connectivity index (χ1n) is 9.02. The summed E-state index contributed by atoms with van der Waals surface area (Å²) in [5.41, 5.74) is 0. The Balaban J connectivity index is 1.71. The molecule has 1 N–H and O–H groups in total. The Labute approximate surface area is 144 Å². The molecule has 0 saturated carbocycles. The Bertz CT molecular complexity index is 484. The molecule has 0 spiro atoms. The van der Waals surface area contributed by atoms with Crippen LogP contribution < -0.4 is 5.32 Å². The van der Waals surface area contributed by atoms with E-state index < -0.39 is 0 Å². The first-order chi connectivity index (χ1) is 11.7. The predicted octanol–water partition coefficient (Wildman–Crippen LogP) is 2.09. The van der Waals surface area contributed by atoms with Crippen LogP contribution in [0, 0.1) is 0 Å². The monoisotopic (exact) mass is 338 g/mol. The first kappa shape index (κ1) is 18.9. The lowest BCUT2D eigenvalue weighted by molar-refractivity contribution is -0.122. The molecule has 1 fully saturated rings. The van der Waals surface area contributed by atoms with E-state index in [2.05, 4.69) is 20.4 Å². The average Bonchev–Trinajstić information content (AvgIpc) is 3.01. The predicted molar refractivity (Wildman–Crippen MR) is 90.6 cm³/mol. The number of carbonyl (C=O) groups is 1. The van der Waals surface area contributed by atoms with Crippen LogP contribution >= 0.6 is 0 Å². The highest BCUT2D eigenvalue weighted by molar-refractivity contribution is 5.76. The zero-order valence-corrected chi connectivity index (χ0v) is 14.9. The number of ether oxygens (including phenoxy) is 1. The van der Waals surface area contributed by atoms with Crippen LogP contribution in [0.4, 0.5) is 0 Å². The van der Waals surface area contributed by atoms with Crippen LogP contribution in [0.5, 0.6) is 0 Å². The minimum atomic E-state index is -0.270. The van der Waals surface area contributed by atoms with Crippen molar-refractivity contribution in [3.05, 3.63) is 11.7 Å². The number of rotatable bonds is 8. The number of aromatic nitrogens is 2. The lowest BCUT2D eigenvalue weighted by Gasteiger charge is -2.24. The molecule has 1 atom stereocenters. The molecule has 1 aromatic rings. The molecule has 0 bridgehead atoms. The maximum Gasteiger partial charge on any atom is 0.248 e. The van der Waals surface area contributed by atoms with Gasteiger partial charge in [0.1, 0.15) is 6.04 Å². The third-order valence-electron chi connectivity index (χ3n) is 4.37. The Morgan fingerprint density at radius 3 is 2.71 bits per heavy atom. The van der Waals surface area contributed by atoms with Crippen LogP contribution in [0.15, 0.2) is 4.52 Å². The fourth-order valence-corrected chi connectivity index (χ4v) is 2.91. The number of nitrogens with one attached hydrogen (secondary N) is 1. The number of nitrogens with zero attached hydrogens (tertiary/aromatic N) is 3. The van der Waals surface area contributed by atoms with Gasteiger partial charge in [-0.15, -0.1) is 0 Å². The molecule has 7 heteroatoms. The van der Waals surface area contributed by atoms with Crippen LogP contribution in [-0.2, 0) is 16.0 Å². The van der Waals surface area contributed by atoms with Crippen molar-refractivity contribution in [3.8, 4) is 0 Å². The van der Waals surface area contributed by atoms with Gasteiger partial charge in [0.15, 0.2) is 5.82 Å². The molecule has 24 heavy (non-hydrogen) atoms. The van der Waals surface area contributed by atoms with Gasteiger partial charge in [0.05, 0.1) is 6.61 Å². The Hall–Kier alpha value is -1.47. The van der Waals surface area contributed by atoms with E-state index in [-0.39, 0.29) is 11.9 Å². The summed E-state index contributed by atoms with van der Waals surface area (Å²) in [7, 11) is 1.63. The van der Waals surface area contributed by atoms with Gasteiger partial charge in [-0.05, 0) is 32.9 Å². The minimum Gasteiger partial charge on any atom is -0.384 e. The summed E-state index contributed by atoms with van der Waals surface area (Å²) in [5, 5.41) is 6.84. The third kappa shape index (κ3) is 6.57. The van der Waals surface area contributed by atoms with Crippen molar-refractivity contribution in [2.75, 3.05) is 33.4 Å². The van der Waals surface area contributed by atoms with Gasteiger partial charge in [-0.3, -0.25) is 4.79 Å². The van der Waals surface area contributed by atoms with E-state index >= 15 is 0 Å². The zero-order valence-electron chi connectivity index (χ0n) is 14.9. The molecule has 136 valence electrons. The average molecular weight is 338 g/mol. The van der Waals surface area contributed by atoms with Crippen LogP contribution in [0.25, 0.3) is 0 Å². The summed E-state index contributed by atoms with van der Waals surface area (Å²) in [6, 6.07) is -0.270. The van der Waals surface area contributed by atoms with Crippen LogP contribution in [0.3, 0.4) is 0 Å². The Morgan fingerprint density at radius 2 is 2.00 bits per heavy atom. The summed E-state index contributed by atoms with van der Waals surface area (Å²) in [4.78, 5) is 18.8. The quantitative estimate of drug-likeness (QED) is 0.782. The topological polar surface area (TPSA) is 80.5 Å². The van der Waals surface area contributed by atoms with Crippen LogP contribution in [0.2, 0.25) is 0 Å². The standard InChI is InChI=1S/C17H30N4O3/c1-14(17-19-15(20-24-17)9-13-23-2)18-16(22)8-12-21-10-6-4-3-5-7-11-21/h14H,3-13H2,1-2H3,(H,18,22)/t14-/m0/s1. The van der Waals surface area contributed by atoms with Gasteiger partial charge in [-0.2, -0.15) is 4.98 Å². The smallest absolute Gasteiger partial charge is 0.248 e. The molecule has 1 amide bonds. The zero-order chi connectivity index (χ0) is 17.2. The van der Waals surface area contributed by atoms with Crippen molar-refractivity contribution in [1.29, 1.82) is 0 Å². The molecule has 0 aromatic carbocycles. The van der Waals surface area contributed by atoms with E-state index in [0.717, 1.165) is 19.6 Å². The highest BCUT2D eigenvalue weighted by Gasteiger charge is 2.17. The van der Waals surface area contributed by atoms with Crippen molar-refractivity contribution in [3.63, 3.8) is 0 Å². The molecule has 0 radical (unpaired) electrons. The number of likely N-dealkylation sites (tertiary alicyclic amines) is 1. The second kappa shape index (κ2) is 10.4. The van der Waals surface area contributed by atoms with Crippen molar-refractivity contribution in [2.45, 2.75) is 57.9 Å². The largest absolute Gasteiger partial charge is 0.384 e. The second-order valence-corrected chi connectivity index (χ2v) is 6.44. The molecule has 2 heterocycles. The summed E-state index contributed by atoms with van der Waals surface area (Å²) in [6.07, 6.45) is 7.56. The van der Waals surface area contributed by atoms with E-state index in [1.54, 1.807) is 7.11 Å². The molecular weight excluding hydrogens is 308 g/mol. The maximum absolute atomic E-state index is 12.2. The van der Waals surface area contributed by atoms with Crippen molar-refractivity contribution < 1.29 is 14.1 Å². The summed E-state index contributed by atoms with van der Waals surface area (Å²) in [5.74, 6) is 1.08. The SMILES string of the molecule is COCCc1noc([C@H](C)NC(=O)CCN2CCCCCCC2)n1. The van der Waals surface area contributed by atoms with E-state index in [4.69, 9.17) is 9.26 Å². The van der Waals surface area contributed by atoms with Gasteiger partial charge in [-0.1, -0.05) is 24.4 Å². The van der Waals surface area contributed by atoms with Gasteiger partial charge in [0, 0.05) is 26.5 Å². The van der Waals surface area contributed by atoms with Crippen LogP contribution in [0.1, 0.15) is 63.2 Å². The normalized spacial score (nSPS) is 17.9. The summed E-state index contributed by atoms with van der Waals surface area (Å²) < 4.78 is 10.2. The molecule has 1 aliphatic heterocycles. The van der Waals surface area contributed by atoms with E-state index in [1.807, 2.05) is 6.92 Å². The Morgan fingerprint density at radius 1 is 1.29 bits per heavy atom. The molecular formula is C17H30N4O3. The Kier molecular flexibility index (Phi) is 8.18. The molecule has 0 unspecified atom stereocenters. The summed E-state index contributed by atoms with van der Waals surface area (Å²) in [6.45, 7) is 5.45. The van der Waals surface area contributed by atoms with E-state index in [9.17, 15) is 4.79 Å². The first-order valence-corrected chi connectivity index (χ1v) is 9.02. The number of amides is 1. The maximum atomic E-state index is 12.2. The van der Waals surface area contributed by atoms with E-state index in [1.165, 1.54) is 32.1 Å². The number of hydrogen-bond donors (Lipinski definition) is 1. The van der Waals surface area contributed by atoms with Crippen molar-refractivity contribution in [2.24, 2.45) is 0 Å². The van der Waals surface area contributed by atoms with E-state index in [0.29, 0.717) is 31.2 Å². The highest BCUT2D eigenvalue weighted by Crippen LogP contribution is 2.12. The summed E-state index contributed by atoms with van der Waals surface area (Å²) >= 11 is 0. The number of hydrogen-bond acceptors (Lipinski definition) is 6. The molecule has 2 rings (SSSR count).